The minimum Gasteiger partial charge on any atom is -0.489 e. The highest BCUT2D eigenvalue weighted by Gasteiger charge is 2.48. The van der Waals surface area contributed by atoms with E-state index in [2.05, 4.69) is 4.90 Å². The first-order valence-electron chi connectivity index (χ1n) is 11.3. The summed E-state index contributed by atoms with van der Waals surface area (Å²) in [4.78, 5) is 42.8. The van der Waals surface area contributed by atoms with Gasteiger partial charge in [0.05, 0.1) is 12.5 Å². The van der Waals surface area contributed by atoms with Crippen LogP contribution in [0.5, 0.6) is 5.75 Å². The number of amides is 3. The number of carbonyl (C=O) groups is 3. The maximum Gasteiger partial charge on any atom is 0.408 e. The third-order valence-electron chi connectivity index (χ3n) is 6.41. The van der Waals surface area contributed by atoms with Gasteiger partial charge in [0.2, 0.25) is 11.8 Å². The molecule has 2 heterocycles. The molecular formula is C24H27FN4O6. The van der Waals surface area contributed by atoms with Crippen molar-refractivity contribution < 1.29 is 33.8 Å². The third-order valence-corrected chi connectivity index (χ3v) is 6.41. The number of halogens is 1. The van der Waals surface area contributed by atoms with Gasteiger partial charge in [-0.25, -0.2) is 14.7 Å². The molecule has 2 aromatic carbocycles. The molecule has 3 amide bonds. The number of piperazine rings is 1. The van der Waals surface area contributed by atoms with Crippen molar-refractivity contribution in [2.45, 2.75) is 18.6 Å². The number of likely N-dealkylation sites (tertiary alicyclic amines) is 1. The summed E-state index contributed by atoms with van der Waals surface area (Å²) >= 11 is 0. The van der Waals surface area contributed by atoms with Crippen LogP contribution in [0.25, 0.3) is 0 Å². The number of hydrogen-bond acceptors (Lipinski definition) is 6. The quantitative estimate of drug-likeness (QED) is 0.435. The fraction of sp³-hybridized carbons (Fsp3) is 0.375. The number of nitrogens with one attached hydrogen (secondary N) is 1. The summed E-state index contributed by atoms with van der Waals surface area (Å²) < 4.78 is 19.0. The van der Waals surface area contributed by atoms with Crippen LogP contribution in [-0.2, 0) is 9.59 Å². The molecule has 186 valence electrons. The fourth-order valence-corrected chi connectivity index (χ4v) is 4.67. The summed E-state index contributed by atoms with van der Waals surface area (Å²) in [6.07, 6.45) is -2.17. The number of hydroxylamine groups is 1. The topological polar surface area (TPSA) is 123 Å². The lowest BCUT2D eigenvalue weighted by atomic mass is 9.86. The van der Waals surface area contributed by atoms with Crippen LogP contribution in [0.2, 0.25) is 0 Å². The summed E-state index contributed by atoms with van der Waals surface area (Å²) in [5.74, 6) is -2.69. The van der Waals surface area contributed by atoms with E-state index in [0.29, 0.717) is 31.9 Å². The Bertz CT molecular complexity index is 1050. The normalized spacial score (nSPS) is 22.5. The van der Waals surface area contributed by atoms with Crippen molar-refractivity contribution in [2.24, 2.45) is 5.92 Å². The van der Waals surface area contributed by atoms with Gasteiger partial charge in [-0.1, -0.05) is 18.2 Å². The van der Waals surface area contributed by atoms with Crippen LogP contribution < -0.4 is 15.1 Å². The van der Waals surface area contributed by atoms with Gasteiger partial charge in [0, 0.05) is 38.3 Å². The van der Waals surface area contributed by atoms with Gasteiger partial charge in [-0.3, -0.25) is 19.7 Å². The average Bonchev–Trinajstić information content (AvgIpc) is 2.89. The lowest BCUT2D eigenvalue weighted by Crippen LogP contribution is -2.64. The molecule has 0 unspecified atom stereocenters. The molecule has 35 heavy (non-hydrogen) atoms. The molecule has 0 aliphatic carbocycles. The molecule has 3 atom stereocenters. The Morgan fingerprint density at radius 3 is 2.23 bits per heavy atom. The molecule has 2 fully saturated rings. The highest BCUT2D eigenvalue weighted by atomic mass is 19.1. The second-order valence-corrected chi connectivity index (χ2v) is 8.54. The van der Waals surface area contributed by atoms with Gasteiger partial charge in [-0.15, -0.1) is 0 Å². The predicted molar refractivity (Wildman–Crippen MR) is 123 cm³/mol. The zero-order valence-corrected chi connectivity index (χ0v) is 18.9. The first kappa shape index (κ1) is 24.3. The van der Waals surface area contributed by atoms with Gasteiger partial charge >= 0.3 is 6.09 Å². The van der Waals surface area contributed by atoms with E-state index < -0.39 is 41.8 Å². The molecule has 3 N–H and O–H groups in total. The highest BCUT2D eigenvalue weighted by molar-refractivity contribution is 5.92. The van der Waals surface area contributed by atoms with E-state index >= 15 is 0 Å². The molecule has 4 rings (SSSR count). The maximum atomic E-state index is 13.5. The number of carboxylic acid groups (broad SMARTS) is 1. The van der Waals surface area contributed by atoms with Gasteiger partial charge in [0.15, 0.2) is 0 Å². The van der Waals surface area contributed by atoms with Crippen molar-refractivity contribution in [3.63, 3.8) is 0 Å². The Morgan fingerprint density at radius 1 is 0.971 bits per heavy atom. The standard InChI is InChI=1S/C24H27FN4O6/c25-16-6-8-18(9-7-16)35-19-14-20(22(30)26-34)21(29(15-19)24(32)33)23(31)28-12-10-27(11-13-28)17-4-2-1-3-5-17/h1-9,19-21,34H,10-15H2,(H,26,30)(H,32,33)/t19-,20-,21-/m0/s1. The molecule has 2 aromatic rings. The summed E-state index contributed by atoms with van der Waals surface area (Å²) in [6.45, 7) is 1.68. The molecular weight excluding hydrogens is 459 g/mol. The maximum absolute atomic E-state index is 13.5. The number of carbonyl (C=O) groups excluding carboxylic acids is 2. The number of ether oxygens (including phenoxy) is 1. The molecule has 0 radical (unpaired) electrons. The number of hydrogen-bond donors (Lipinski definition) is 3. The molecule has 2 aliphatic heterocycles. The van der Waals surface area contributed by atoms with E-state index in [4.69, 9.17) is 4.74 Å². The number of anilines is 1. The van der Waals surface area contributed by atoms with Gasteiger partial charge < -0.3 is 19.6 Å². The Labute approximate surface area is 201 Å². The summed E-state index contributed by atoms with van der Waals surface area (Å²) in [6, 6.07) is 13.6. The Balaban J connectivity index is 1.50. The number of rotatable bonds is 5. The van der Waals surface area contributed by atoms with Gasteiger partial charge in [-0.05, 0) is 36.4 Å². The van der Waals surface area contributed by atoms with Crippen molar-refractivity contribution in [2.75, 3.05) is 37.6 Å². The minimum atomic E-state index is -1.38. The van der Waals surface area contributed by atoms with Crippen molar-refractivity contribution in [3.8, 4) is 5.75 Å². The fourth-order valence-electron chi connectivity index (χ4n) is 4.67. The number of nitrogens with zero attached hydrogens (tertiary/aromatic N) is 3. The smallest absolute Gasteiger partial charge is 0.408 e. The second kappa shape index (κ2) is 10.6. The van der Waals surface area contributed by atoms with Gasteiger partial charge in [0.1, 0.15) is 23.7 Å². The second-order valence-electron chi connectivity index (χ2n) is 8.54. The minimum absolute atomic E-state index is 0.00602. The van der Waals surface area contributed by atoms with Crippen LogP contribution in [0.3, 0.4) is 0 Å². The van der Waals surface area contributed by atoms with E-state index in [1.807, 2.05) is 30.3 Å². The molecule has 0 saturated carbocycles. The Morgan fingerprint density at radius 2 is 1.63 bits per heavy atom. The highest BCUT2D eigenvalue weighted by Crippen LogP contribution is 2.30. The van der Waals surface area contributed by atoms with E-state index in [0.717, 1.165) is 10.6 Å². The lowest BCUT2D eigenvalue weighted by molar-refractivity contribution is -0.150. The zero-order chi connectivity index (χ0) is 24.9. The van der Waals surface area contributed by atoms with Crippen molar-refractivity contribution in [1.82, 2.24) is 15.3 Å². The van der Waals surface area contributed by atoms with E-state index in [1.54, 1.807) is 10.4 Å². The molecule has 11 heteroatoms. The molecule has 2 saturated heterocycles. The van der Waals surface area contributed by atoms with Crippen molar-refractivity contribution >= 4 is 23.6 Å². The van der Waals surface area contributed by atoms with Crippen molar-refractivity contribution in [3.05, 3.63) is 60.4 Å². The van der Waals surface area contributed by atoms with Gasteiger partial charge in [0.25, 0.3) is 0 Å². The average molecular weight is 487 g/mol. The summed E-state index contributed by atoms with van der Waals surface area (Å²) in [5.41, 5.74) is 2.59. The number of para-hydroxylation sites is 1. The van der Waals surface area contributed by atoms with Gasteiger partial charge in [-0.2, -0.15) is 0 Å². The molecule has 0 aromatic heterocycles. The van der Waals surface area contributed by atoms with Crippen LogP contribution in [0.1, 0.15) is 6.42 Å². The number of benzene rings is 2. The first-order chi connectivity index (χ1) is 16.9. The monoisotopic (exact) mass is 486 g/mol. The summed E-state index contributed by atoms with van der Waals surface area (Å²) in [5, 5.41) is 19.2. The van der Waals surface area contributed by atoms with Crippen molar-refractivity contribution in [1.29, 1.82) is 0 Å². The molecule has 0 spiro atoms. The lowest BCUT2D eigenvalue weighted by Gasteiger charge is -2.44. The molecule has 2 aliphatic rings. The predicted octanol–water partition coefficient (Wildman–Crippen LogP) is 1.80. The van der Waals surface area contributed by atoms with Crippen LogP contribution in [-0.4, -0.2) is 82.9 Å². The van der Waals surface area contributed by atoms with Crippen LogP contribution in [0, 0.1) is 11.7 Å². The first-order valence-corrected chi connectivity index (χ1v) is 11.3. The van der Waals surface area contributed by atoms with E-state index in [1.165, 1.54) is 24.3 Å². The number of piperidine rings is 1. The van der Waals surface area contributed by atoms with E-state index in [-0.39, 0.29) is 13.0 Å². The Hall–Kier alpha value is -3.86. The largest absolute Gasteiger partial charge is 0.489 e. The van der Waals surface area contributed by atoms with Crippen LogP contribution >= 0.6 is 0 Å². The van der Waals surface area contributed by atoms with E-state index in [9.17, 15) is 29.1 Å². The third kappa shape index (κ3) is 5.46. The zero-order valence-electron chi connectivity index (χ0n) is 18.9. The molecule has 0 bridgehead atoms. The van der Waals surface area contributed by atoms with Crippen LogP contribution in [0.15, 0.2) is 54.6 Å². The summed E-state index contributed by atoms with van der Waals surface area (Å²) in [7, 11) is 0. The molecule has 10 nitrogen and oxygen atoms in total. The Kier molecular flexibility index (Phi) is 7.35. The van der Waals surface area contributed by atoms with Crippen LogP contribution in [0.4, 0.5) is 14.9 Å². The SMILES string of the molecule is O=C(NO)[C@H]1C[C@H](Oc2ccc(F)cc2)CN(C(=O)O)[C@@H]1C(=O)N1CCN(c2ccccc2)CC1.